The number of ether oxygens (including phenoxy) is 1. The van der Waals surface area contributed by atoms with Gasteiger partial charge in [0.25, 0.3) is 0 Å². The van der Waals surface area contributed by atoms with Crippen LogP contribution in [0.15, 0.2) is 36.4 Å². The van der Waals surface area contributed by atoms with Gasteiger partial charge in [0.15, 0.2) is 5.13 Å². The Morgan fingerprint density at radius 3 is 2.38 bits per heavy atom. The Morgan fingerprint density at radius 2 is 1.79 bits per heavy atom. The summed E-state index contributed by atoms with van der Waals surface area (Å²) in [6.07, 6.45) is 4.97. The molecule has 0 unspecified atom stereocenters. The number of thiazole rings is 1. The van der Waals surface area contributed by atoms with E-state index in [1.165, 1.54) is 11.3 Å². The molecule has 3 amide bonds. The fourth-order valence-electron chi connectivity index (χ4n) is 3.79. The van der Waals surface area contributed by atoms with Gasteiger partial charge in [-0.15, -0.1) is 11.3 Å². The van der Waals surface area contributed by atoms with Crippen molar-refractivity contribution in [3.63, 3.8) is 0 Å². The van der Waals surface area contributed by atoms with Gasteiger partial charge in [0.1, 0.15) is 12.3 Å². The molecule has 0 spiro atoms. The lowest BCUT2D eigenvalue weighted by molar-refractivity contribution is -0.142. The van der Waals surface area contributed by atoms with Crippen LogP contribution in [-0.2, 0) is 14.4 Å². The van der Waals surface area contributed by atoms with E-state index in [1.807, 2.05) is 43.3 Å². The van der Waals surface area contributed by atoms with E-state index in [2.05, 4.69) is 10.3 Å². The fraction of sp³-hybridized carbons (Fsp3) is 0.333. The van der Waals surface area contributed by atoms with Crippen LogP contribution in [0.25, 0.3) is 11.3 Å². The normalized spacial score (nSPS) is 20.7. The first-order chi connectivity index (χ1) is 14.0. The lowest BCUT2D eigenvalue weighted by Gasteiger charge is -2.14. The average Bonchev–Trinajstić information content (AvgIpc) is 3.21. The van der Waals surface area contributed by atoms with Crippen molar-refractivity contribution in [2.75, 3.05) is 19.0 Å². The first kappa shape index (κ1) is 19.3. The van der Waals surface area contributed by atoms with Crippen LogP contribution in [0.5, 0.6) is 5.75 Å². The number of aryl methyl sites for hydroxylation is 1. The van der Waals surface area contributed by atoms with Gasteiger partial charge >= 0.3 is 0 Å². The molecule has 2 aromatic rings. The molecule has 0 radical (unpaired) electrons. The second-order valence-corrected chi connectivity index (χ2v) is 8.32. The molecular weight excluding hydrogens is 390 g/mol. The highest BCUT2D eigenvalue weighted by Crippen LogP contribution is 2.35. The Kier molecular flexibility index (Phi) is 5.19. The van der Waals surface area contributed by atoms with E-state index >= 15 is 0 Å². The maximum Gasteiger partial charge on any atom is 0.246 e. The SMILES string of the molecule is COc1ccc(-c2nc(NC(=O)CN3C(=O)[C@@H]4CC=CC[C@H]4C3=O)sc2C)cc1. The maximum atomic E-state index is 12.5. The Hall–Kier alpha value is -3.00. The van der Waals surface area contributed by atoms with Crippen LogP contribution in [0.3, 0.4) is 0 Å². The van der Waals surface area contributed by atoms with Crippen LogP contribution in [0.4, 0.5) is 5.13 Å². The molecule has 2 aliphatic rings. The summed E-state index contributed by atoms with van der Waals surface area (Å²) in [7, 11) is 1.61. The van der Waals surface area contributed by atoms with Gasteiger partial charge in [-0.3, -0.25) is 19.3 Å². The summed E-state index contributed by atoms with van der Waals surface area (Å²) >= 11 is 1.35. The van der Waals surface area contributed by atoms with E-state index < -0.39 is 5.91 Å². The smallest absolute Gasteiger partial charge is 0.246 e. The Balaban J connectivity index is 1.44. The van der Waals surface area contributed by atoms with E-state index in [4.69, 9.17) is 4.74 Å². The van der Waals surface area contributed by atoms with Crippen LogP contribution < -0.4 is 10.1 Å². The van der Waals surface area contributed by atoms with Gasteiger partial charge in [0.2, 0.25) is 17.7 Å². The van der Waals surface area contributed by atoms with Gasteiger partial charge in [-0.05, 0) is 44.0 Å². The second kappa shape index (κ2) is 7.79. The molecular formula is C21H21N3O4S. The highest BCUT2D eigenvalue weighted by Gasteiger charge is 2.47. The number of hydrogen-bond donors (Lipinski definition) is 1. The Labute approximate surface area is 172 Å². The molecule has 1 aromatic carbocycles. The summed E-state index contributed by atoms with van der Waals surface area (Å²) in [5, 5.41) is 3.17. The minimum absolute atomic E-state index is 0.256. The fourth-order valence-corrected chi connectivity index (χ4v) is 4.65. The van der Waals surface area contributed by atoms with Gasteiger partial charge in [-0.1, -0.05) is 12.2 Å². The van der Waals surface area contributed by atoms with Crippen molar-refractivity contribution in [3.05, 3.63) is 41.3 Å². The summed E-state index contributed by atoms with van der Waals surface area (Å²) in [6.45, 7) is 1.65. The summed E-state index contributed by atoms with van der Waals surface area (Å²) in [5.74, 6) is -0.838. The average molecular weight is 411 g/mol. The van der Waals surface area contributed by atoms with Gasteiger partial charge in [-0.25, -0.2) is 4.98 Å². The molecule has 1 aromatic heterocycles. The number of methoxy groups -OCH3 is 1. The zero-order valence-electron chi connectivity index (χ0n) is 16.2. The standard InChI is InChI=1S/C21H21N3O4S/c1-12-18(13-7-9-14(28-2)10-8-13)23-21(29-12)22-17(25)11-24-19(26)15-5-3-4-6-16(15)20(24)27/h3-4,7-10,15-16H,5-6,11H2,1-2H3,(H,22,23,25)/t15-,16-/m1/s1. The first-order valence-corrected chi connectivity index (χ1v) is 10.2. The summed E-state index contributed by atoms with van der Waals surface area (Å²) < 4.78 is 5.17. The number of imide groups is 1. The highest BCUT2D eigenvalue weighted by atomic mass is 32.1. The van der Waals surface area contributed by atoms with Crippen LogP contribution in [-0.4, -0.2) is 41.3 Å². The molecule has 1 N–H and O–H groups in total. The number of benzene rings is 1. The molecule has 4 rings (SSSR count). The number of carbonyl (C=O) groups is 3. The topological polar surface area (TPSA) is 88.6 Å². The number of fused-ring (bicyclic) bond motifs is 1. The summed E-state index contributed by atoms with van der Waals surface area (Å²) in [5.41, 5.74) is 1.69. The van der Waals surface area contributed by atoms with E-state index in [0.717, 1.165) is 26.8 Å². The van der Waals surface area contributed by atoms with Crippen molar-refractivity contribution < 1.29 is 19.1 Å². The largest absolute Gasteiger partial charge is 0.497 e. The quantitative estimate of drug-likeness (QED) is 0.604. The van der Waals surface area contributed by atoms with Crippen LogP contribution in [0, 0.1) is 18.8 Å². The number of rotatable bonds is 5. The second-order valence-electron chi connectivity index (χ2n) is 7.12. The van der Waals surface area contributed by atoms with Crippen molar-refractivity contribution in [2.45, 2.75) is 19.8 Å². The van der Waals surface area contributed by atoms with Crippen molar-refractivity contribution in [2.24, 2.45) is 11.8 Å². The van der Waals surface area contributed by atoms with E-state index in [1.54, 1.807) is 7.11 Å². The number of nitrogens with one attached hydrogen (secondary N) is 1. The third-order valence-electron chi connectivity index (χ3n) is 5.31. The lowest BCUT2D eigenvalue weighted by atomic mass is 9.85. The number of hydrogen-bond acceptors (Lipinski definition) is 6. The Morgan fingerprint density at radius 1 is 1.17 bits per heavy atom. The number of aromatic nitrogens is 1. The minimum Gasteiger partial charge on any atom is -0.497 e. The molecule has 1 fully saturated rings. The molecule has 150 valence electrons. The predicted octanol–water partition coefficient (Wildman–Crippen LogP) is 3.02. The third-order valence-corrected chi connectivity index (χ3v) is 6.19. The number of likely N-dealkylation sites (tertiary alicyclic amines) is 1. The monoisotopic (exact) mass is 411 g/mol. The summed E-state index contributed by atoms with van der Waals surface area (Å²) in [6, 6.07) is 7.52. The highest BCUT2D eigenvalue weighted by molar-refractivity contribution is 7.16. The third kappa shape index (κ3) is 3.67. The van der Waals surface area contributed by atoms with Crippen molar-refractivity contribution >= 4 is 34.2 Å². The molecule has 1 saturated heterocycles. The van der Waals surface area contributed by atoms with Crippen LogP contribution >= 0.6 is 11.3 Å². The molecule has 0 bridgehead atoms. The first-order valence-electron chi connectivity index (χ1n) is 9.40. The van der Waals surface area contributed by atoms with Gasteiger partial charge < -0.3 is 10.1 Å². The number of amides is 3. The summed E-state index contributed by atoms with van der Waals surface area (Å²) in [4.78, 5) is 44.0. The maximum absolute atomic E-state index is 12.5. The van der Waals surface area contributed by atoms with E-state index in [0.29, 0.717) is 18.0 Å². The Bertz CT molecular complexity index is 970. The molecule has 2 heterocycles. The molecule has 8 heteroatoms. The zero-order chi connectivity index (χ0) is 20.5. The molecule has 7 nitrogen and oxygen atoms in total. The van der Waals surface area contributed by atoms with Gasteiger partial charge in [-0.2, -0.15) is 0 Å². The van der Waals surface area contributed by atoms with E-state index in [-0.39, 0.29) is 30.2 Å². The van der Waals surface area contributed by atoms with Gasteiger partial charge in [0, 0.05) is 10.4 Å². The number of allylic oxidation sites excluding steroid dienone is 2. The molecule has 0 saturated carbocycles. The molecule has 2 atom stereocenters. The molecule has 29 heavy (non-hydrogen) atoms. The number of carbonyl (C=O) groups excluding carboxylic acids is 3. The van der Waals surface area contributed by atoms with Crippen molar-refractivity contribution in [1.29, 1.82) is 0 Å². The van der Waals surface area contributed by atoms with Crippen molar-refractivity contribution in [3.8, 4) is 17.0 Å². The number of anilines is 1. The van der Waals surface area contributed by atoms with Crippen LogP contribution in [0.2, 0.25) is 0 Å². The molecule has 1 aliphatic carbocycles. The zero-order valence-corrected chi connectivity index (χ0v) is 17.0. The van der Waals surface area contributed by atoms with Gasteiger partial charge in [0.05, 0.1) is 24.6 Å². The minimum atomic E-state index is -0.423. The van der Waals surface area contributed by atoms with Crippen molar-refractivity contribution in [1.82, 2.24) is 9.88 Å². The molecule has 1 aliphatic heterocycles. The predicted molar refractivity (Wildman–Crippen MR) is 110 cm³/mol. The lowest BCUT2D eigenvalue weighted by Crippen LogP contribution is -2.38. The number of nitrogens with zero attached hydrogens (tertiary/aromatic N) is 2. The van der Waals surface area contributed by atoms with E-state index in [9.17, 15) is 14.4 Å². The van der Waals surface area contributed by atoms with Crippen LogP contribution in [0.1, 0.15) is 17.7 Å².